The van der Waals surface area contributed by atoms with Gasteiger partial charge in [0.05, 0.1) is 11.6 Å². The molecule has 1 unspecified atom stereocenters. The van der Waals surface area contributed by atoms with Crippen molar-refractivity contribution in [2.24, 2.45) is 12.8 Å². The lowest BCUT2D eigenvalue weighted by molar-refractivity contribution is -0.119. The second kappa shape index (κ2) is 25.0. The van der Waals surface area contributed by atoms with E-state index >= 15 is 0 Å². The zero-order valence-electron chi connectivity index (χ0n) is 31.6. The standard InChI is InChI=1S/C20H19N.C13H17N3O.C6H4FNO.C4H6O2.CH4O/c1-21-20(17-11-5-2-6-12-17,18-13-7-3-8-14-18)19-15-9-4-10-16-19;1-15-11(13(14)17)7-9-8-16(2)12-6-4-3-5-10(9)12;7-6-2-1-5(4-9)3-8-6;5-3-1-2-4-6;1-2/h2-16,21H,1H3;3-6,8,11,15H,7H2,1-2H3,(H2,14,17);1-4H;3-4H,1-2H2;2H,1H3. The van der Waals surface area contributed by atoms with E-state index in [9.17, 15) is 23.6 Å². The molecule has 6 aromatic rings. The Kier molecular flexibility index (Phi) is 20.4. The lowest BCUT2D eigenvalue weighted by atomic mass is 9.77. The second-order valence-corrected chi connectivity index (χ2v) is 11.8. The molecule has 0 aliphatic rings. The lowest BCUT2D eigenvalue weighted by Gasteiger charge is -2.35. The maximum Gasteiger partial charge on any atom is 0.234 e. The van der Waals surface area contributed by atoms with E-state index in [2.05, 4.69) is 130 Å². The predicted octanol–water partition coefficient (Wildman–Crippen LogP) is 5.80. The zero-order chi connectivity index (χ0) is 40.5. The number of primary amides is 1. The smallest absolute Gasteiger partial charge is 0.234 e. The fourth-order valence-electron chi connectivity index (χ4n) is 5.74. The molecule has 2 aromatic heterocycles. The Morgan fingerprint density at radius 3 is 1.64 bits per heavy atom. The van der Waals surface area contributed by atoms with Crippen LogP contribution < -0.4 is 16.4 Å². The van der Waals surface area contributed by atoms with Gasteiger partial charge >= 0.3 is 0 Å². The molecule has 0 fully saturated rings. The number of hydrogen-bond donors (Lipinski definition) is 4. The summed E-state index contributed by atoms with van der Waals surface area (Å²) in [6.45, 7) is 0. The molecular weight excluding hydrogens is 698 g/mol. The van der Waals surface area contributed by atoms with Gasteiger partial charge in [0.15, 0.2) is 6.29 Å². The number of aldehydes is 3. The molecule has 0 spiro atoms. The van der Waals surface area contributed by atoms with Gasteiger partial charge in [0.1, 0.15) is 12.6 Å². The van der Waals surface area contributed by atoms with Crippen LogP contribution in [0.2, 0.25) is 0 Å². The highest BCUT2D eigenvalue weighted by atomic mass is 19.1. The number of carbonyl (C=O) groups is 4. The minimum Gasteiger partial charge on any atom is -0.400 e. The first-order valence-electron chi connectivity index (χ1n) is 17.5. The molecule has 11 heteroatoms. The molecule has 0 aliphatic heterocycles. The van der Waals surface area contributed by atoms with Gasteiger partial charge in [0.2, 0.25) is 11.9 Å². The molecule has 288 valence electrons. The van der Waals surface area contributed by atoms with E-state index in [4.69, 9.17) is 10.8 Å². The van der Waals surface area contributed by atoms with Crippen LogP contribution in [0.15, 0.2) is 140 Å². The predicted molar refractivity (Wildman–Crippen MR) is 216 cm³/mol. The average molecular weight is 748 g/mol. The summed E-state index contributed by atoms with van der Waals surface area (Å²) in [5.41, 5.74) is 11.4. The number of fused-ring (bicyclic) bond motifs is 1. The molecule has 2 heterocycles. The third-order valence-electron chi connectivity index (χ3n) is 8.38. The summed E-state index contributed by atoms with van der Waals surface area (Å²) in [5.74, 6) is -0.888. The van der Waals surface area contributed by atoms with E-state index in [0.717, 1.165) is 31.3 Å². The number of benzene rings is 4. The van der Waals surface area contributed by atoms with E-state index in [1.54, 1.807) is 7.05 Å². The van der Waals surface area contributed by atoms with E-state index in [-0.39, 0.29) is 17.5 Å². The van der Waals surface area contributed by atoms with Gasteiger partial charge in [0, 0.05) is 55.9 Å². The number of nitrogens with two attached hydrogens (primary N) is 1. The minimum atomic E-state index is -0.569. The van der Waals surface area contributed by atoms with E-state index in [1.807, 2.05) is 26.2 Å². The molecular formula is C44H50FN5O5. The number of halogens is 1. The normalized spacial score (nSPS) is 10.7. The number of carbonyl (C=O) groups excluding carboxylic acids is 4. The molecule has 1 amide bonds. The van der Waals surface area contributed by atoms with Crippen molar-refractivity contribution in [2.75, 3.05) is 21.2 Å². The van der Waals surface area contributed by atoms with Gasteiger partial charge in [-0.05, 0) is 61.0 Å². The van der Waals surface area contributed by atoms with Crippen LogP contribution in [-0.2, 0) is 33.4 Å². The molecule has 0 saturated heterocycles. The monoisotopic (exact) mass is 747 g/mol. The van der Waals surface area contributed by atoms with Crippen LogP contribution in [0.3, 0.4) is 0 Å². The highest BCUT2D eigenvalue weighted by Gasteiger charge is 2.34. The van der Waals surface area contributed by atoms with Crippen LogP contribution in [0.4, 0.5) is 4.39 Å². The van der Waals surface area contributed by atoms with E-state index in [0.29, 0.717) is 31.1 Å². The summed E-state index contributed by atoms with van der Waals surface area (Å²) in [5, 5.41) is 14.7. The Hall–Kier alpha value is -6.14. The van der Waals surface area contributed by atoms with Crippen LogP contribution in [0.5, 0.6) is 0 Å². The maximum atomic E-state index is 12.0. The van der Waals surface area contributed by atoms with Crippen molar-refractivity contribution >= 4 is 35.7 Å². The molecule has 0 bridgehead atoms. The molecule has 4 aromatic carbocycles. The molecule has 1 atom stereocenters. The summed E-state index contributed by atoms with van der Waals surface area (Å²) >= 11 is 0. The summed E-state index contributed by atoms with van der Waals surface area (Å²) in [7, 11) is 6.78. The van der Waals surface area contributed by atoms with Crippen LogP contribution in [-0.4, -0.2) is 66.7 Å². The Balaban J connectivity index is 0.000000274. The third kappa shape index (κ3) is 13.3. The van der Waals surface area contributed by atoms with Gasteiger partial charge in [-0.3, -0.25) is 9.59 Å². The van der Waals surface area contributed by atoms with Crippen molar-refractivity contribution in [3.05, 3.63) is 174 Å². The van der Waals surface area contributed by atoms with Crippen LogP contribution in [0, 0.1) is 5.95 Å². The summed E-state index contributed by atoms with van der Waals surface area (Å²) < 4.78 is 14.1. The van der Waals surface area contributed by atoms with E-state index < -0.39 is 5.95 Å². The summed E-state index contributed by atoms with van der Waals surface area (Å²) in [4.78, 5) is 43.2. The number of pyridine rings is 1. The van der Waals surface area contributed by atoms with Crippen molar-refractivity contribution in [3.63, 3.8) is 0 Å². The van der Waals surface area contributed by atoms with Crippen LogP contribution in [0.1, 0.15) is 45.5 Å². The number of nitrogens with one attached hydrogen (secondary N) is 2. The van der Waals surface area contributed by atoms with Gasteiger partial charge in [-0.25, -0.2) is 4.98 Å². The minimum absolute atomic E-state index is 0.319. The fourth-order valence-corrected chi connectivity index (χ4v) is 5.74. The van der Waals surface area contributed by atoms with Crippen molar-refractivity contribution in [1.29, 1.82) is 0 Å². The van der Waals surface area contributed by atoms with Gasteiger partial charge < -0.3 is 35.6 Å². The van der Waals surface area contributed by atoms with Gasteiger partial charge in [-0.1, -0.05) is 109 Å². The number of amides is 1. The molecule has 6 rings (SSSR count). The first-order chi connectivity index (χ1) is 26.7. The Morgan fingerprint density at radius 2 is 1.25 bits per heavy atom. The first-order valence-corrected chi connectivity index (χ1v) is 17.5. The lowest BCUT2D eigenvalue weighted by Crippen LogP contribution is -2.42. The van der Waals surface area contributed by atoms with Crippen molar-refractivity contribution in [3.8, 4) is 0 Å². The highest BCUT2D eigenvalue weighted by Crippen LogP contribution is 2.36. The second-order valence-electron chi connectivity index (χ2n) is 11.8. The number of aryl methyl sites for hydroxylation is 1. The Labute approximate surface area is 322 Å². The van der Waals surface area contributed by atoms with Crippen molar-refractivity contribution in [1.82, 2.24) is 20.2 Å². The zero-order valence-corrected chi connectivity index (χ0v) is 31.6. The highest BCUT2D eigenvalue weighted by molar-refractivity contribution is 5.86. The number of aliphatic hydroxyl groups is 1. The number of aliphatic hydroxyl groups excluding tert-OH is 1. The summed E-state index contributed by atoms with van der Waals surface area (Å²) in [6.07, 6.45) is 6.66. The summed E-state index contributed by atoms with van der Waals surface area (Å²) in [6, 6.07) is 42.1. The number of para-hydroxylation sites is 1. The van der Waals surface area contributed by atoms with Crippen molar-refractivity contribution < 1.29 is 28.7 Å². The van der Waals surface area contributed by atoms with E-state index in [1.165, 1.54) is 39.9 Å². The number of hydrogen-bond acceptors (Lipinski definition) is 8. The topological polar surface area (TPSA) is 156 Å². The van der Waals surface area contributed by atoms with Gasteiger partial charge in [-0.15, -0.1) is 0 Å². The maximum absolute atomic E-state index is 12.0. The molecule has 5 N–H and O–H groups in total. The number of unbranched alkanes of at least 4 members (excludes halogenated alkanes) is 1. The molecule has 0 aliphatic carbocycles. The molecule has 55 heavy (non-hydrogen) atoms. The average Bonchev–Trinajstić information content (AvgIpc) is 3.57. The van der Waals surface area contributed by atoms with Gasteiger partial charge in [-0.2, -0.15) is 4.39 Å². The van der Waals surface area contributed by atoms with Crippen molar-refractivity contribution in [2.45, 2.75) is 30.8 Å². The Bertz CT molecular complexity index is 1890. The molecule has 0 radical (unpaired) electrons. The number of rotatable bonds is 12. The fraction of sp³-hybridized carbons (Fsp3) is 0.205. The van der Waals surface area contributed by atoms with Crippen LogP contribution in [0.25, 0.3) is 10.9 Å². The number of likely N-dealkylation sites (N-methyl/N-ethyl adjacent to an activating group) is 1. The Morgan fingerprint density at radius 1 is 0.782 bits per heavy atom. The number of nitrogens with zero attached hydrogens (tertiary/aromatic N) is 2. The van der Waals surface area contributed by atoms with Crippen LogP contribution >= 0.6 is 0 Å². The largest absolute Gasteiger partial charge is 0.400 e. The third-order valence-corrected chi connectivity index (χ3v) is 8.38. The SMILES string of the molecule is CNC(Cc1cn(C)c2ccccc12)C(N)=O.CNC(c1ccccc1)(c1ccccc1)c1ccccc1.CO.O=CCCC=O.O=Cc1ccc(F)nc1. The quantitative estimate of drug-likeness (QED) is 0.0530. The first kappa shape index (κ1) is 45.0. The number of aromatic nitrogens is 2. The molecule has 10 nitrogen and oxygen atoms in total. The molecule has 0 saturated carbocycles. The van der Waals surface area contributed by atoms with Gasteiger partial charge in [0.25, 0.3) is 0 Å².